The van der Waals surface area contributed by atoms with E-state index in [-0.39, 0.29) is 6.04 Å². The van der Waals surface area contributed by atoms with E-state index in [1.54, 1.807) is 18.4 Å². The molecule has 0 fully saturated rings. The van der Waals surface area contributed by atoms with Crippen molar-refractivity contribution in [2.24, 2.45) is 5.73 Å². The van der Waals surface area contributed by atoms with Gasteiger partial charge in [0.1, 0.15) is 0 Å². The van der Waals surface area contributed by atoms with E-state index >= 15 is 0 Å². The number of hydrogen-bond acceptors (Lipinski definition) is 4. The number of ether oxygens (including phenoxy) is 1. The van der Waals surface area contributed by atoms with Crippen LogP contribution in [0.4, 0.5) is 0 Å². The highest BCUT2D eigenvalue weighted by atomic mass is 79.9. The van der Waals surface area contributed by atoms with Crippen LogP contribution in [0, 0.1) is 0 Å². The third-order valence-corrected chi connectivity index (χ3v) is 3.41. The largest absolute Gasteiger partial charge is 0.383 e. The zero-order valence-corrected chi connectivity index (χ0v) is 10.5. The first-order valence-electron chi connectivity index (χ1n) is 4.40. The Labute approximate surface area is 96.8 Å². The summed E-state index contributed by atoms with van der Waals surface area (Å²) in [6.07, 6.45) is 0. The standard InChI is InChI=1S/C9H15BrN2OS/c1-13-5-8(11)3-12-4-9-2-7(10)6-14-9/h2,6,8,12H,3-5,11H2,1H3. The van der Waals surface area contributed by atoms with Crippen molar-refractivity contribution in [1.29, 1.82) is 0 Å². The minimum atomic E-state index is 0.0726. The molecule has 1 heterocycles. The summed E-state index contributed by atoms with van der Waals surface area (Å²) in [5.41, 5.74) is 5.76. The van der Waals surface area contributed by atoms with Crippen molar-refractivity contribution in [3.05, 3.63) is 20.8 Å². The van der Waals surface area contributed by atoms with E-state index in [4.69, 9.17) is 10.5 Å². The first-order chi connectivity index (χ1) is 6.72. The third kappa shape index (κ3) is 4.52. The zero-order chi connectivity index (χ0) is 10.4. The van der Waals surface area contributed by atoms with E-state index in [1.807, 2.05) is 0 Å². The van der Waals surface area contributed by atoms with E-state index in [0.29, 0.717) is 6.61 Å². The van der Waals surface area contributed by atoms with Crippen LogP contribution < -0.4 is 11.1 Å². The van der Waals surface area contributed by atoms with Gasteiger partial charge in [-0.3, -0.25) is 0 Å². The fourth-order valence-electron chi connectivity index (χ4n) is 1.10. The summed E-state index contributed by atoms with van der Waals surface area (Å²) >= 11 is 5.15. The zero-order valence-electron chi connectivity index (χ0n) is 8.13. The second-order valence-electron chi connectivity index (χ2n) is 3.08. The van der Waals surface area contributed by atoms with Crippen LogP contribution in [0.5, 0.6) is 0 Å². The molecule has 1 rings (SSSR count). The second kappa shape index (κ2) is 6.53. The lowest BCUT2D eigenvalue weighted by Crippen LogP contribution is -2.36. The van der Waals surface area contributed by atoms with Gasteiger partial charge in [-0.15, -0.1) is 11.3 Å². The molecule has 0 saturated carbocycles. The van der Waals surface area contributed by atoms with Crippen LogP contribution in [0.2, 0.25) is 0 Å². The van der Waals surface area contributed by atoms with E-state index in [0.717, 1.165) is 17.6 Å². The van der Waals surface area contributed by atoms with Gasteiger partial charge in [-0.05, 0) is 22.0 Å². The molecule has 1 unspecified atom stereocenters. The maximum absolute atomic E-state index is 5.76. The highest BCUT2D eigenvalue weighted by Crippen LogP contribution is 2.19. The van der Waals surface area contributed by atoms with Crippen molar-refractivity contribution in [3.63, 3.8) is 0 Å². The van der Waals surface area contributed by atoms with Gasteiger partial charge in [0, 0.05) is 41.0 Å². The first-order valence-corrected chi connectivity index (χ1v) is 6.07. The fourth-order valence-corrected chi connectivity index (χ4v) is 2.52. The van der Waals surface area contributed by atoms with Crippen molar-refractivity contribution in [3.8, 4) is 0 Å². The van der Waals surface area contributed by atoms with Crippen molar-refractivity contribution < 1.29 is 4.74 Å². The number of rotatable bonds is 6. The van der Waals surface area contributed by atoms with Gasteiger partial charge in [0.25, 0.3) is 0 Å². The Morgan fingerprint density at radius 3 is 3.07 bits per heavy atom. The molecule has 5 heteroatoms. The van der Waals surface area contributed by atoms with Gasteiger partial charge in [-0.1, -0.05) is 0 Å². The van der Waals surface area contributed by atoms with Crippen molar-refractivity contribution in [2.45, 2.75) is 12.6 Å². The van der Waals surface area contributed by atoms with Crippen LogP contribution in [0.1, 0.15) is 4.88 Å². The van der Waals surface area contributed by atoms with Gasteiger partial charge in [-0.25, -0.2) is 0 Å². The molecule has 0 amide bonds. The summed E-state index contributed by atoms with van der Waals surface area (Å²) in [6, 6.07) is 2.18. The van der Waals surface area contributed by atoms with Gasteiger partial charge in [-0.2, -0.15) is 0 Å². The third-order valence-electron chi connectivity index (χ3n) is 1.71. The molecule has 0 aliphatic heterocycles. The number of halogens is 1. The Bertz CT molecular complexity index is 267. The predicted molar refractivity (Wildman–Crippen MR) is 63.6 cm³/mol. The van der Waals surface area contributed by atoms with Gasteiger partial charge in [0.15, 0.2) is 0 Å². The first kappa shape index (κ1) is 12.1. The predicted octanol–water partition coefficient (Wildman–Crippen LogP) is 1.57. The van der Waals surface area contributed by atoms with Crippen LogP contribution in [-0.2, 0) is 11.3 Å². The Morgan fingerprint density at radius 1 is 1.71 bits per heavy atom. The SMILES string of the molecule is COCC(N)CNCc1cc(Br)cs1. The van der Waals surface area contributed by atoms with Crippen molar-refractivity contribution >= 4 is 27.3 Å². The maximum Gasteiger partial charge on any atom is 0.0626 e. The topological polar surface area (TPSA) is 47.3 Å². The minimum absolute atomic E-state index is 0.0726. The highest BCUT2D eigenvalue weighted by Gasteiger charge is 2.01. The monoisotopic (exact) mass is 278 g/mol. The summed E-state index contributed by atoms with van der Waals surface area (Å²) < 4.78 is 6.08. The average molecular weight is 279 g/mol. The maximum atomic E-state index is 5.76. The summed E-state index contributed by atoms with van der Waals surface area (Å²) in [7, 11) is 1.66. The molecule has 0 aliphatic carbocycles. The molecule has 0 bridgehead atoms. The Hall–Kier alpha value is 0.0600. The minimum Gasteiger partial charge on any atom is -0.383 e. The Balaban J connectivity index is 2.15. The van der Waals surface area contributed by atoms with Crippen LogP contribution in [0.25, 0.3) is 0 Å². The van der Waals surface area contributed by atoms with E-state index in [1.165, 1.54) is 4.88 Å². The molecule has 80 valence electrons. The molecule has 14 heavy (non-hydrogen) atoms. The van der Waals surface area contributed by atoms with E-state index in [9.17, 15) is 0 Å². The van der Waals surface area contributed by atoms with E-state index in [2.05, 4.69) is 32.7 Å². The molecule has 3 nitrogen and oxygen atoms in total. The summed E-state index contributed by atoms with van der Waals surface area (Å²) in [5, 5.41) is 5.36. The molecule has 1 aromatic heterocycles. The molecule has 1 atom stereocenters. The van der Waals surface area contributed by atoms with Crippen molar-refractivity contribution in [1.82, 2.24) is 5.32 Å². The van der Waals surface area contributed by atoms with Gasteiger partial charge in [0.05, 0.1) is 6.61 Å². The normalized spacial score (nSPS) is 13.1. The number of thiophene rings is 1. The van der Waals surface area contributed by atoms with Crippen LogP contribution >= 0.6 is 27.3 Å². The molecule has 1 aromatic rings. The summed E-state index contributed by atoms with van der Waals surface area (Å²) in [4.78, 5) is 1.31. The molecule has 0 saturated heterocycles. The molecular formula is C9H15BrN2OS. The second-order valence-corrected chi connectivity index (χ2v) is 4.99. The molecule has 3 N–H and O–H groups in total. The highest BCUT2D eigenvalue weighted by molar-refractivity contribution is 9.10. The van der Waals surface area contributed by atoms with Gasteiger partial charge >= 0.3 is 0 Å². The van der Waals surface area contributed by atoms with Gasteiger partial charge < -0.3 is 15.8 Å². The molecule has 0 spiro atoms. The lowest BCUT2D eigenvalue weighted by molar-refractivity contribution is 0.179. The molecular weight excluding hydrogens is 264 g/mol. The van der Waals surface area contributed by atoms with Crippen LogP contribution in [0.15, 0.2) is 15.9 Å². The summed E-state index contributed by atoms with van der Waals surface area (Å²) in [5.74, 6) is 0. The number of hydrogen-bond donors (Lipinski definition) is 2. The fraction of sp³-hybridized carbons (Fsp3) is 0.556. The Morgan fingerprint density at radius 2 is 2.50 bits per heavy atom. The molecule has 0 radical (unpaired) electrons. The number of nitrogens with two attached hydrogens (primary N) is 1. The van der Waals surface area contributed by atoms with Crippen molar-refractivity contribution in [2.75, 3.05) is 20.3 Å². The number of methoxy groups -OCH3 is 1. The molecule has 0 aromatic carbocycles. The van der Waals surface area contributed by atoms with Crippen LogP contribution in [0.3, 0.4) is 0 Å². The van der Waals surface area contributed by atoms with Crippen LogP contribution in [-0.4, -0.2) is 26.3 Å². The van der Waals surface area contributed by atoms with E-state index < -0.39 is 0 Å². The Kier molecular flexibility index (Phi) is 5.66. The quantitative estimate of drug-likeness (QED) is 0.831. The smallest absolute Gasteiger partial charge is 0.0626 e. The number of nitrogens with one attached hydrogen (secondary N) is 1. The summed E-state index contributed by atoms with van der Waals surface area (Å²) in [6.45, 7) is 2.25. The van der Waals surface area contributed by atoms with Gasteiger partial charge in [0.2, 0.25) is 0 Å². The molecule has 0 aliphatic rings. The lowest BCUT2D eigenvalue weighted by Gasteiger charge is -2.10. The lowest BCUT2D eigenvalue weighted by atomic mass is 10.3. The average Bonchev–Trinajstić information content (AvgIpc) is 2.52.